The molecule has 1 unspecified atom stereocenters. The van der Waals surface area contributed by atoms with Crippen LogP contribution < -0.4 is 10.9 Å². The Morgan fingerprint density at radius 3 is 2.64 bits per heavy atom. The lowest BCUT2D eigenvalue weighted by molar-refractivity contribution is -0.115. The fourth-order valence-electron chi connectivity index (χ4n) is 2.44. The maximum atomic E-state index is 12.5. The van der Waals surface area contributed by atoms with Crippen LogP contribution in [-0.4, -0.2) is 21.1 Å². The molecule has 2 N–H and O–H groups in total. The van der Waals surface area contributed by atoms with Gasteiger partial charge < -0.3 is 10.3 Å². The summed E-state index contributed by atoms with van der Waals surface area (Å²) in [5.74, 6) is -0.104. The molecule has 1 heterocycles. The van der Waals surface area contributed by atoms with Gasteiger partial charge in [-0.15, -0.1) is 0 Å². The molecule has 1 amide bonds. The number of hydrogen-bond acceptors (Lipinski definition) is 4. The summed E-state index contributed by atoms with van der Waals surface area (Å²) in [4.78, 5) is 31.9. The van der Waals surface area contributed by atoms with Gasteiger partial charge in [-0.25, -0.2) is 4.98 Å². The Kier molecular flexibility index (Phi) is 5.19. The first kappa shape index (κ1) is 17.2. The normalized spacial score (nSPS) is 12.1. The number of benzene rings is 2. The molecule has 0 fully saturated rings. The van der Waals surface area contributed by atoms with Gasteiger partial charge in [-0.3, -0.25) is 9.59 Å². The number of hydrogen-bond donors (Lipinski definition) is 2. The van der Waals surface area contributed by atoms with Crippen LogP contribution in [0, 0.1) is 6.92 Å². The van der Waals surface area contributed by atoms with E-state index in [1.165, 1.54) is 11.8 Å². The number of carbonyl (C=O) groups is 1. The van der Waals surface area contributed by atoms with Gasteiger partial charge in [0.15, 0.2) is 5.16 Å². The lowest BCUT2D eigenvalue weighted by Gasteiger charge is -2.14. The highest BCUT2D eigenvalue weighted by atomic mass is 32.2. The van der Waals surface area contributed by atoms with Crippen LogP contribution in [0.25, 0.3) is 10.9 Å². The molecule has 6 heteroatoms. The molecule has 0 aliphatic heterocycles. The summed E-state index contributed by atoms with van der Waals surface area (Å²) in [6.07, 6.45) is 0.624. The molecule has 128 valence electrons. The van der Waals surface area contributed by atoms with Gasteiger partial charge in [-0.1, -0.05) is 48.5 Å². The Bertz CT molecular complexity index is 951. The van der Waals surface area contributed by atoms with E-state index in [1.54, 1.807) is 18.2 Å². The van der Waals surface area contributed by atoms with Crippen molar-refractivity contribution >= 4 is 34.3 Å². The maximum Gasteiger partial charge on any atom is 0.259 e. The molecule has 0 saturated heterocycles. The average Bonchev–Trinajstić information content (AvgIpc) is 2.61. The zero-order valence-corrected chi connectivity index (χ0v) is 14.9. The number of thioether (sulfide) groups is 1. The number of fused-ring (bicyclic) bond motifs is 1. The molecule has 1 atom stereocenters. The molecular formula is C19H19N3O2S. The molecule has 25 heavy (non-hydrogen) atoms. The summed E-state index contributed by atoms with van der Waals surface area (Å²) in [6, 6.07) is 14.8. The molecular weight excluding hydrogens is 334 g/mol. The number of aryl methyl sites for hydroxylation is 1. The fraction of sp³-hybridized carbons (Fsp3) is 0.211. The van der Waals surface area contributed by atoms with Gasteiger partial charge in [0.25, 0.3) is 5.56 Å². The quantitative estimate of drug-likeness (QED) is 0.541. The number of aromatic nitrogens is 2. The molecule has 3 aromatic rings. The van der Waals surface area contributed by atoms with E-state index in [0.717, 1.165) is 11.3 Å². The number of rotatable bonds is 5. The summed E-state index contributed by atoms with van der Waals surface area (Å²) in [5, 5.41) is 3.57. The lowest BCUT2D eigenvalue weighted by atomic mass is 10.2. The van der Waals surface area contributed by atoms with E-state index >= 15 is 0 Å². The van der Waals surface area contributed by atoms with Crippen LogP contribution in [-0.2, 0) is 4.79 Å². The zero-order chi connectivity index (χ0) is 17.8. The van der Waals surface area contributed by atoms with Crippen molar-refractivity contribution in [2.24, 2.45) is 0 Å². The molecule has 0 spiro atoms. The number of amides is 1. The van der Waals surface area contributed by atoms with Crippen molar-refractivity contribution in [1.29, 1.82) is 0 Å². The molecule has 0 saturated carbocycles. The van der Waals surface area contributed by atoms with Crippen LogP contribution in [0.5, 0.6) is 0 Å². The highest BCUT2D eigenvalue weighted by Crippen LogP contribution is 2.24. The Labute approximate surface area is 149 Å². The molecule has 2 aromatic carbocycles. The third kappa shape index (κ3) is 4.09. The van der Waals surface area contributed by atoms with Crippen molar-refractivity contribution in [1.82, 2.24) is 9.97 Å². The first-order valence-corrected chi connectivity index (χ1v) is 8.98. The van der Waals surface area contributed by atoms with Crippen molar-refractivity contribution in [3.8, 4) is 0 Å². The van der Waals surface area contributed by atoms with Crippen LogP contribution in [0.15, 0.2) is 58.5 Å². The summed E-state index contributed by atoms with van der Waals surface area (Å²) < 4.78 is 0. The number of nitrogens with one attached hydrogen (secondary N) is 2. The van der Waals surface area contributed by atoms with Crippen molar-refractivity contribution in [3.63, 3.8) is 0 Å². The minimum Gasteiger partial charge on any atom is -0.325 e. The molecule has 0 aliphatic rings. The summed E-state index contributed by atoms with van der Waals surface area (Å²) in [6.45, 7) is 3.93. The van der Waals surface area contributed by atoms with E-state index in [0.29, 0.717) is 22.5 Å². The number of nitrogens with zero attached hydrogens (tertiary/aromatic N) is 1. The molecule has 5 nitrogen and oxygen atoms in total. The topological polar surface area (TPSA) is 74.8 Å². The Morgan fingerprint density at radius 1 is 1.20 bits per heavy atom. The fourth-order valence-corrected chi connectivity index (χ4v) is 3.34. The predicted octanol–water partition coefficient (Wildman–Crippen LogP) is 3.74. The smallest absolute Gasteiger partial charge is 0.259 e. The van der Waals surface area contributed by atoms with Gasteiger partial charge >= 0.3 is 0 Å². The highest BCUT2D eigenvalue weighted by Gasteiger charge is 2.19. The van der Waals surface area contributed by atoms with E-state index in [9.17, 15) is 9.59 Å². The third-order valence-electron chi connectivity index (χ3n) is 3.83. The van der Waals surface area contributed by atoms with Gasteiger partial charge in [-0.2, -0.15) is 0 Å². The van der Waals surface area contributed by atoms with Crippen LogP contribution in [0.2, 0.25) is 0 Å². The second kappa shape index (κ2) is 7.53. The largest absolute Gasteiger partial charge is 0.325 e. The zero-order valence-electron chi connectivity index (χ0n) is 14.1. The van der Waals surface area contributed by atoms with Gasteiger partial charge in [0.05, 0.1) is 16.2 Å². The van der Waals surface area contributed by atoms with Crippen molar-refractivity contribution in [2.75, 3.05) is 5.32 Å². The molecule has 0 bridgehead atoms. The standard InChI is InChI=1S/C19H19N3O2S/c1-3-16(18(24)20-13-10-8-12(2)9-11-13)25-19-21-15-7-5-4-6-14(15)17(23)22-19/h4-11,16H,3H2,1-2H3,(H,20,24)(H,21,22,23). The molecule has 1 aromatic heterocycles. The predicted molar refractivity (Wildman–Crippen MR) is 102 cm³/mol. The van der Waals surface area contributed by atoms with E-state index in [-0.39, 0.29) is 16.7 Å². The summed E-state index contributed by atoms with van der Waals surface area (Å²) in [7, 11) is 0. The lowest BCUT2D eigenvalue weighted by Crippen LogP contribution is -2.25. The first-order valence-electron chi connectivity index (χ1n) is 8.10. The second-order valence-electron chi connectivity index (χ2n) is 5.76. The summed E-state index contributed by atoms with van der Waals surface area (Å²) in [5.41, 5.74) is 2.33. The monoisotopic (exact) mass is 353 g/mol. The SMILES string of the molecule is CCC(Sc1nc2ccccc2c(=O)[nH]1)C(=O)Nc1ccc(C)cc1. The first-order chi connectivity index (χ1) is 12.1. The summed E-state index contributed by atoms with van der Waals surface area (Å²) >= 11 is 1.27. The number of anilines is 1. The van der Waals surface area contributed by atoms with Gasteiger partial charge in [0.1, 0.15) is 0 Å². The highest BCUT2D eigenvalue weighted by molar-refractivity contribution is 8.00. The van der Waals surface area contributed by atoms with E-state index in [1.807, 2.05) is 44.2 Å². The Morgan fingerprint density at radius 2 is 1.92 bits per heavy atom. The average molecular weight is 353 g/mol. The Balaban J connectivity index is 1.78. The van der Waals surface area contributed by atoms with E-state index < -0.39 is 0 Å². The van der Waals surface area contributed by atoms with Gasteiger partial charge in [0, 0.05) is 5.69 Å². The van der Waals surface area contributed by atoms with Crippen LogP contribution in [0.4, 0.5) is 5.69 Å². The van der Waals surface area contributed by atoms with Crippen molar-refractivity contribution in [2.45, 2.75) is 30.7 Å². The van der Waals surface area contributed by atoms with Gasteiger partial charge in [-0.05, 0) is 37.6 Å². The van der Waals surface area contributed by atoms with Gasteiger partial charge in [0.2, 0.25) is 5.91 Å². The minimum atomic E-state index is -0.342. The van der Waals surface area contributed by atoms with Crippen LogP contribution in [0.3, 0.4) is 0 Å². The Hall–Kier alpha value is -2.60. The molecule has 3 rings (SSSR count). The number of H-pyrrole nitrogens is 1. The van der Waals surface area contributed by atoms with E-state index in [2.05, 4.69) is 15.3 Å². The third-order valence-corrected chi connectivity index (χ3v) is 5.08. The number of carbonyl (C=O) groups excluding carboxylic acids is 1. The molecule has 0 radical (unpaired) electrons. The van der Waals surface area contributed by atoms with Crippen LogP contribution >= 0.6 is 11.8 Å². The number of aromatic amines is 1. The van der Waals surface area contributed by atoms with Crippen LogP contribution in [0.1, 0.15) is 18.9 Å². The maximum absolute atomic E-state index is 12.5. The van der Waals surface area contributed by atoms with Crippen molar-refractivity contribution < 1.29 is 4.79 Å². The van der Waals surface area contributed by atoms with Crippen molar-refractivity contribution in [3.05, 3.63) is 64.4 Å². The number of para-hydroxylation sites is 1. The molecule has 0 aliphatic carbocycles. The second-order valence-corrected chi connectivity index (χ2v) is 6.95. The van der Waals surface area contributed by atoms with E-state index in [4.69, 9.17) is 0 Å². The minimum absolute atomic E-state index is 0.104.